The first-order valence-electron chi connectivity index (χ1n) is 8.41. The van der Waals surface area contributed by atoms with Crippen molar-refractivity contribution in [2.75, 3.05) is 36.5 Å². The standard InChI is InChI=1S/C17H26N2O4S2/c1-23-16-10-6-5-9-15(16)19(25(2,21)22)13-17(20)18-11-12-24-14-7-3-4-8-14/h5-6,9-10,14H,3-4,7-8,11-13H2,1-2H3,(H,18,20). The van der Waals surface area contributed by atoms with Gasteiger partial charge in [0.25, 0.3) is 0 Å². The van der Waals surface area contributed by atoms with Crippen molar-refractivity contribution in [2.24, 2.45) is 0 Å². The van der Waals surface area contributed by atoms with E-state index >= 15 is 0 Å². The van der Waals surface area contributed by atoms with Crippen molar-refractivity contribution in [3.63, 3.8) is 0 Å². The van der Waals surface area contributed by atoms with Crippen LogP contribution in [0.3, 0.4) is 0 Å². The second-order valence-corrected chi connectivity index (χ2v) is 9.38. The molecule has 6 nitrogen and oxygen atoms in total. The average molecular weight is 387 g/mol. The van der Waals surface area contributed by atoms with E-state index < -0.39 is 10.0 Å². The number of ether oxygens (including phenoxy) is 1. The summed E-state index contributed by atoms with van der Waals surface area (Å²) in [6.45, 7) is 0.289. The molecule has 1 aliphatic rings. The van der Waals surface area contributed by atoms with E-state index in [0.29, 0.717) is 23.2 Å². The zero-order valence-corrected chi connectivity index (χ0v) is 16.4. The highest BCUT2D eigenvalue weighted by Gasteiger charge is 2.23. The fourth-order valence-electron chi connectivity index (χ4n) is 2.87. The fourth-order valence-corrected chi connectivity index (χ4v) is 4.95. The lowest BCUT2D eigenvalue weighted by Crippen LogP contribution is -2.41. The number of carbonyl (C=O) groups is 1. The summed E-state index contributed by atoms with van der Waals surface area (Å²) in [4.78, 5) is 12.2. The Hall–Kier alpha value is -1.41. The van der Waals surface area contributed by atoms with E-state index in [4.69, 9.17) is 4.74 Å². The van der Waals surface area contributed by atoms with Crippen LogP contribution in [0, 0.1) is 0 Å². The number of nitrogens with zero attached hydrogens (tertiary/aromatic N) is 1. The van der Waals surface area contributed by atoms with Crippen LogP contribution < -0.4 is 14.4 Å². The van der Waals surface area contributed by atoms with Gasteiger partial charge in [-0.05, 0) is 25.0 Å². The second kappa shape index (κ2) is 9.33. The van der Waals surface area contributed by atoms with Crippen LogP contribution in [0.2, 0.25) is 0 Å². The molecule has 1 amide bonds. The molecule has 1 saturated carbocycles. The van der Waals surface area contributed by atoms with Gasteiger partial charge in [-0.1, -0.05) is 25.0 Å². The molecule has 1 fully saturated rings. The maximum Gasteiger partial charge on any atom is 0.240 e. The molecule has 0 unspecified atom stereocenters. The van der Waals surface area contributed by atoms with Crippen molar-refractivity contribution in [3.05, 3.63) is 24.3 Å². The molecule has 1 aromatic carbocycles. The lowest BCUT2D eigenvalue weighted by Gasteiger charge is -2.23. The number of anilines is 1. The highest BCUT2D eigenvalue weighted by Crippen LogP contribution is 2.30. The van der Waals surface area contributed by atoms with Crippen molar-refractivity contribution < 1.29 is 17.9 Å². The van der Waals surface area contributed by atoms with E-state index in [1.54, 1.807) is 24.3 Å². The largest absolute Gasteiger partial charge is 0.495 e. The number of nitrogens with one attached hydrogen (secondary N) is 1. The van der Waals surface area contributed by atoms with E-state index in [9.17, 15) is 13.2 Å². The van der Waals surface area contributed by atoms with Gasteiger partial charge in [-0.15, -0.1) is 0 Å². The van der Waals surface area contributed by atoms with Gasteiger partial charge in [-0.2, -0.15) is 11.8 Å². The maximum atomic E-state index is 12.2. The van der Waals surface area contributed by atoms with Crippen LogP contribution in [0.25, 0.3) is 0 Å². The molecule has 0 bridgehead atoms. The molecule has 2 rings (SSSR count). The van der Waals surface area contributed by atoms with Crippen LogP contribution >= 0.6 is 11.8 Å². The third-order valence-corrected chi connectivity index (χ3v) is 6.63. The summed E-state index contributed by atoms with van der Waals surface area (Å²) in [6.07, 6.45) is 6.20. The number of carbonyl (C=O) groups excluding carboxylic acids is 1. The molecule has 0 saturated heterocycles. The molecule has 1 aliphatic carbocycles. The summed E-state index contributed by atoms with van der Waals surface area (Å²) in [5, 5.41) is 3.52. The molecule has 0 aliphatic heterocycles. The molecule has 0 aromatic heterocycles. The molecular formula is C17H26N2O4S2. The number of sulfonamides is 1. The first-order chi connectivity index (χ1) is 11.9. The Morgan fingerprint density at radius 3 is 2.64 bits per heavy atom. The zero-order chi connectivity index (χ0) is 18.3. The molecule has 0 radical (unpaired) electrons. The van der Waals surface area contributed by atoms with Gasteiger partial charge >= 0.3 is 0 Å². The topological polar surface area (TPSA) is 75.7 Å². The monoisotopic (exact) mass is 386 g/mol. The molecule has 0 spiro atoms. The fraction of sp³-hybridized carbons (Fsp3) is 0.588. The predicted molar refractivity (Wildman–Crippen MR) is 103 cm³/mol. The number of amides is 1. The van der Waals surface area contributed by atoms with Crippen molar-refractivity contribution >= 4 is 33.4 Å². The first-order valence-corrected chi connectivity index (χ1v) is 11.3. The summed E-state index contributed by atoms with van der Waals surface area (Å²) in [6, 6.07) is 6.77. The van der Waals surface area contributed by atoms with Crippen LogP contribution in [-0.2, 0) is 14.8 Å². The van der Waals surface area contributed by atoms with Gasteiger partial charge in [-0.3, -0.25) is 9.10 Å². The minimum Gasteiger partial charge on any atom is -0.495 e. The predicted octanol–water partition coefficient (Wildman–Crippen LogP) is 2.25. The van der Waals surface area contributed by atoms with Crippen LogP contribution in [0.15, 0.2) is 24.3 Å². The Labute approximate surface area is 154 Å². The quantitative estimate of drug-likeness (QED) is 0.659. The number of thioether (sulfide) groups is 1. The van der Waals surface area contributed by atoms with E-state index in [2.05, 4.69) is 5.32 Å². The van der Waals surface area contributed by atoms with Gasteiger partial charge in [0.1, 0.15) is 12.3 Å². The van der Waals surface area contributed by atoms with Crippen molar-refractivity contribution in [2.45, 2.75) is 30.9 Å². The van der Waals surface area contributed by atoms with Gasteiger partial charge in [0.15, 0.2) is 0 Å². The van der Waals surface area contributed by atoms with E-state index in [-0.39, 0.29) is 12.5 Å². The van der Waals surface area contributed by atoms with Gasteiger partial charge in [0.05, 0.1) is 19.1 Å². The normalized spacial score (nSPS) is 15.1. The third-order valence-electron chi connectivity index (χ3n) is 4.12. The number of para-hydroxylation sites is 2. The van der Waals surface area contributed by atoms with Gasteiger partial charge < -0.3 is 10.1 Å². The van der Waals surface area contributed by atoms with E-state index in [1.165, 1.54) is 32.8 Å². The highest BCUT2D eigenvalue weighted by molar-refractivity contribution is 7.99. The lowest BCUT2D eigenvalue weighted by molar-refractivity contribution is -0.119. The second-order valence-electron chi connectivity index (χ2n) is 6.07. The van der Waals surface area contributed by atoms with E-state index in [1.807, 2.05) is 11.8 Å². The molecular weight excluding hydrogens is 360 g/mol. The zero-order valence-electron chi connectivity index (χ0n) is 14.7. The van der Waals surface area contributed by atoms with Gasteiger partial charge in [0.2, 0.25) is 15.9 Å². The Balaban J connectivity index is 1.92. The average Bonchev–Trinajstić information content (AvgIpc) is 3.09. The number of methoxy groups -OCH3 is 1. The number of hydrogen-bond acceptors (Lipinski definition) is 5. The number of rotatable bonds is 9. The molecule has 1 N–H and O–H groups in total. The Morgan fingerprint density at radius 1 is 1.32 bits per heavy atom. The van der Waals surface area contributed by atoms with Crippen LogP contribution in [-0.4, -0.2) is 51.8 Å². The summed E-state index contributed by atoms with van der Waals surface area (Å²) >= 11 is 1.89. The Bertz CT molecular complexity index is 673. The molecule has 0 atom stereocenters. The molecule has 1 aromatic rings. The van der Waals surface area contributed by atoms with Crippen LogP contribution in [0.4, 0.5) is 5.69 Å². The Morgan fingerprint density at radius 2 is 2.00 bits per heavy atom. The van der Waals surface area contributed by atoms with Crippen molar-refractivity contribution in [1.82, 2.24) is 5.32 Å². The van der Waals surface area contributed by atoms with Crippen molar-refractivity contribution in [3.8, 4) is 5.75 Å². The van der Waals surface area contributed by atoms with Crippen LogP contribution in [0.1, 0.15) is 25.7 Å². The maximum absolute atomic E-state index is 12.2. The number of hydrogen-bond donors (Lipinski definition) is 1. The highest BCUT2D eigenvalue weighted by atomic mass is 32.2. The van der Waals surface area contributed by atoms with Gasteiger partial charge in [0, 0.05) is 17.5 Å². The van der Waals surface area contributed by atoms with Crippen LogP contribution in [0.5, 0.6) is 5.75 Å². The Kier molecular flexibility index (Phi) is 7.43. The van der Waals surface area contributed by atoms with Crippen molar-refractivity contribution in [1.29, 1.82) is 0 Å². The summed E-state index contributed by atoms with van der Waals surface area (Å²) in [7, 11) is -2.13. The molecule has 8 heteroatoms. The lowest BCUT2D eigenvalue weighted by atomic mass is 10.3. The molecule has 0 heterocycles. The van der Waals surface area contributed by atoms with E-state index in [0.717, 1.165) is 16.3 Å². The summed E-state index contributed by atoms with van der Waals surface area (Å²) < 4.78 is 30.5. The first kappa shape index (κ1) is 19.9. The van der Waals surface area contributed by atoms with Gasteiger partial charge in [-0.25, -0.2) is 8.42 Å². The SMILES string of the molecule is COc1ccccc1N(CC(=O)NCCSC1CCCC1)S(C)(=O)=O. The third kappa shape index (κ3) is 6.11. The summed E-state index contributed by atoms with van der Waals surface area (Å²) in [5.41, 5.74) is 0.364. The summed E-state index contributed by atoms with van der Waals surface area (Å²) in [5.74, 6) is 0.949. The molecule has 25 heavy (non-hydrogen) atoms. The molecule has 140 valence electrons. The number of benzene rings is 1. The minimum absolute atomic E-state index is 0.257. The smallest absolute Gasteiger partial charge is 0.240 e. The minimum atomic E-state index is -3.60.